The summed E-state index contributed by atoms with van der Waals surface area (Å²) in [6.07, 6.45) is 5.67. The van der Waals surface area contributed by atoms with Gasteiger partial charge < -0.3 is 10.1 Å². The van der Waals surface area contributed by atoms with Gasteiger partial charge in [-0.15, -0.1) is 0 Å². The smallest absolute Gasteiger partial charge is 0.253 e. The summed E-state index contributed by atoms with van der Waals surface area (Å²) in [7, 11) is 0. The fourth-order valence-corrected chi connectivity index (χ4v) is 1.86. The number of nitrogens with zero attached hydrogens (tertiary/aromatic N) is 1. The standard InChI is InChI=1S/C14H20N2O4/c1-11(17)5-3-2-4-9-15-12(18)8-10-16-13(19)6-7-14(16)20/h6-7H,2-5,8-10H2,1H3,(H,15,18). The van der Waals surface area contributed by atoms with E-state index in [9.17, 15) is 19.2 Å². The quantitative estimate of drug-likeness (QED) is 0.494. The van der Waals surface area contributed by atoms with Gasteiger partial charge in [-0.05, 0) is 19.8 Å². The third-order valence-electron chi connectivity index (χ3n) is 2.99. The molecule has 6 heteroatoms. The van der Waals surface area contributed by atoms with Crippen molar-refractivity contribution in [1.29, 1.82) is 0 Å². The molecule has 1 rings (SSSR count). The molecule has 0 aromatic heterocycles. The summed E-state index contributed by atoms with van der Waals surface area (Å²) in [5, 5.41) is 2.73. The minimum absolute atomic E-state index is 0.112. The van der Waals surface area contributed by atoms with Crippen LogP contribution in [-0.4, -0.2) is 41.5 Å². The molecule has 1 aliphatic heterocycles. The van der Waals surface area contributed by atoms with E-state index in [0.29, 0.717) is 13.0 Å². The molecule has 20 heavy (non-hydrogen) atoms. The van der Waals surface area contributed by atoms with Crippen molar-refractivity contribution in [2.24, 2.45) is 0 Å². The summed E-state index contributed by atoms with van der Waals surface area (Å²) in [5.74, 6) is -0.731. The summed E-state index contributed by atoms with van der Waals surface area (Å²) in [5.41, 5.74) is 0. The lowest BCUT2D eigenvalue weighted by Crippen LogP contribution is -2.34. The Kier molecular flexibility index (Phi) is 6.63. The highest BCUT2D eigenvalue weighted by molar-refractivity contribution is 6.13. The Hall–Kier alpha value is -1.98. The normalized spacial score (nSPS) is 13.9. The maximum absolute atomic E-state index is 11.5. The second kappa shape index (κ2) is 8.24. The zero-order valence-electron chi connectivity index (χ0n) is 11.7. The first-order chi connectivity index (χ1) is 9.50. The molecule has 1 aliphatic rings. The zero-order valence-corrected chi connectivity index (χ0v) is 11.7. The van der Waals surface area contributed by atoms with Gasteiger partial charge in [0.2, 0.25) is 5.91 Å². The molecular formula is C14H20N2O4. The van der Waals surface area contributed by atoms with Crippen LogP contribution in [0.2, 0.25) is 0 Å². The number of nitrogens with one attached hydrogen (secondary N) is 1. The number of hydrogen-bond acceptors (Lipinski definition) is 4. The number of unbranched alkanes of at least 4 members (excludes halogenated alkanes) is 2. The number of ketones is 1. The SMILES string of the molecule is CC(=O)CCCCCNC(=O)CCN1C(=O)C=CC1=O. The molecule has 0 aliphatic carbocycles. The lowest BCUT2D eigenvalue weighted by Gasteiger charge is -2.13. The molecule has 0 atom stereocenters. The fourth-order valence-electron chi connectivity index (χ4n) is 1.86. The Labute approximate surface area is 118 Å². The van der Waals surface area contributed by atoms with Crippen LogP contribution in [0.25, 0.3) is 0 Å². The number of hydrogen-bond donors (Lipinski definition) is 1. The molecule has 0 saturated heterocycles. The lowest BCUT2D eigenvalue weighted by atomic mass is 10.1. The summed E-state index contributed by atoms with van der Waals surface area (Å²) in [6.45, 7) is 2.23. The van der Waals surface area contributed by atoms with Gasteiger partial charge in [-0.25, -0.2) is 0 Å². The van der Waals surface area contributed by atoms with E-state index in [1.807, 2.05) is 0 Å². The van der Waals surface area contributed by atoms with Crippen LogP contribution in [-0.2, 0) is 19.2 Å². The second-order valence-electron chi connectivity index (χ2n) is 4.77. The summed E-state index contributed by atoms with van der Waals surface area (Å²) in [6, 6.07) is 0. The van der Waals surface area contributed by atoms with Crippen molar-refractivity contribution in [3.05, 3.63) is 12.2 Å². The van der Waals surface area contributed by atoms with Crippen molar-refractivity contribution in [1.82, 2.24) is 10.2 Å². The molecule has 1 N–H and O–H groups in total. The van der Waals surface area contributed by atoms with Gasteiger partial charge in [0.05, 0.1) is 0 Å². The van der Waals surface area contributed by atoms with Gasteiger partial charge in [0.15, 0.2) is 0 Å². The van der Waals surface area contributed by atoms with E-state index >= 15 is 0 Å². The van der Waals surface area contributed by atoms with Crippen molar-refractivity contribution >= 4 is 23.5 Å². The predicted molar refractivity (Wildman–Crippen MR) is 72.6 cm³/mol. The average Bonchev–Trinajstić information content (AvgIpc) is 2.70. The van der Waals surface area contributed by atoms with Crippen LogP contribution in [0.4, 0.5) is 0 Å². The van der Waals surface area contributed by atoms with E-state index in [1.165, 1.54) is 12.2 Å². The van der Waals surface area contributed by atoms with E-state index in [-0.39, 0.29) is 36.5 Å². The molecule has 6 nitrogen and oxygen atoms in total. The van der Waals surface area contributed by atoms with Gasteiger partial charge in [-0.2, -0.15) is 0 Å². The summed E-state index contributed by atoms with van der Waals surface area (Å²) < 4.78 is 0. The van der Waals surface area contributed by atoms with Crippen molar-refractivity contribution in [2.75, 3.05) is 13.1 Å². The number of rotatable bonds is 9. The van der Waals surface area contributed by atoms with Crippen LogP contribution < -0.4 is 5.32 Å². The molecule has 0 spiro atoms. The molecule has 110 valence electrons. The third-order valence-corrected chi connectivity index (χ3v) is 2.99. The first-order valence-electron chi connectivity index (χ1n) is 6.80. The second-order valence-corrected chi connectivity index (χ2v) is 4.77. The number of Topliss-reactive ketones (excluding diaryl/α,β-unsaturated/α-hetero) is 1. The highest BCUT2D eigenvalue weighted by Gasteiger charge is 2.23. The van der Waals surface area contributed by atoms with Crippen LogP contribution >= 0.6 is 0 Å². The largest absolute Gasteiger partial charge is 0.356 e. The highest BCUT2D eigenvalue weighted by Crippen LogP contribution is 2.04. The van der Waals surface area contributed by atoms with Gasteiger partial charge in [-0.3, -0.25) is 19.3 Å². The van der Waals surface area contributed by atoms with Crippen molar-refractivity contribution in [3.63, 3.8) is 0 Å². The van der Waals surface area contributed by atoms with E-state index in [2.05, 4.69) is 5.32 Å². The number of carbonyl (C=O) groups excluding carboxylic acids is 4. The Bertz CT molecular complexity index is 411. The third kappa shape index (κ3) is 5.77. The molecule has 0 unspecified atom stereocenters. The van der Waals surface area contributed by atoms with Crippen LogP contribution in [0.3, 0.4) is 0 Å². The highest BCUT2D eigenvalue weighted by atomic mass is 16.2. The predicted octanol–water partition coefficient (Wildman–Crippen LogP) is 0.567. The number of carbonyl (C=O) groups is 4. The zero-order chi connectivity index (χ0) is 15.0. The Morgan fingerprint density at radius 2 is 1.70 bits per heavy atom. The number of imide groups is 1. The molecule has 0 aromatic rings. The topological polar surface area (TPSA) is 83.6 Å². The summed E-state index contributed by atoms with van der Waals surface area (Å²) in [4.78, 5) is 45.8. The van der Waals surface area contributed by atoms with E-state index < -0.39 is 0 Å². The minimum Gasteiger partial charge on any atom is -0.356 e. The first kappa shape index (κ1) is 16.1. The van der Waals surface area contributed by atoms with Gasteiger partial charge in [-0.1, -0.05) is 6.42 Å². The van der Waals surface area contributed by atoms with Gasteiger partial charge in [0, 0.05) is 38.1 Å². The molecule has 1 heterocycles. The van der Waals surface area contributed by atoms with E-state index in [0.717, 1.165) is 24.2 Å². The summed E-state index contributed by atoms with van der Waals surface area (Å²) >= 11 is 0. The molecule has 0 bridgehead atoms. The molecule has 0 aromatic carbocycles. The Morgan fingerprint density at radius 3 is 2.30 bits per heavy atom. The van der Waals surface area contributed by atoms with Gasteiger partial charge in [0.1, 0.15) is 5.78 Å². The first-order valence-corrected chi connectivity index (χ1v) is 6.80. The van der Waals surface area contributed by atoms with Crippen molar-refractivity contribution < 1.29 is 19.2 Å². The molecule has 0 radical (unpaired) electrons. The van der Waals surface area contributed by atoms with Crippen LogP contribution in [0.5, 0.6) is 0 Å². The minimum atomic E-state index is -0.368. The molecule has 0 fully saturated rings. The van der Waals surface area contributed by atoms with E-state index in [1.54, 1.807) is 6.92 Å². The Morgan fingerprint density at radius 1 is 1.05 bits per heavy atom. The average molecular weight is 280 g/mol. The van der Waals surface area contributed by atoms with Crippen LogP contribution in [0.15, 0.2) is 12.2 Å². The van der Waals surface area contributed by atoms with Gasteiger partial charge >= 0.3 is 0 Å². The van der Waals surface area contributed by atoms with Gasteiger partial charge in [0.25, 0.3) is 11.8 Å². The number of amides is 3. The Balaban J connectivity index is 2.05. The molecular weight excluding hydrogens is 260 g/mol. The van der Waals surface area contributed by atoms with Crippen molar-refractivity contribution in [2.45, 2.75) is 39.0 Å². The monoisotopic (exact) mass is 280 g/mol. The molecule has 0 saturated carbocycles. The van der Waals surface area contributed by atoms with E-state index in [4.69, 9.17) is 0 Å². The van der Waals surface area contributed by atoms with Crippen molar-refractivity contribution in [3.8, 4) is 0 Å². The van der Waals surface area contributed by atoms with Crippen LogP contribution in [0, 0.1) is 0 Å². The maximum Gasteiger partial charge on any atom is 0.253 e. The lowest BCUT2D eigenvalue weighted by molar-refractivity contribution is -0.137. The molecule has 3 amide bonds. The maximum atomic E-state index is 11.5. The fraction of sp³-hybridized carbons (Fsp3) is 0.571. The van der Waals surface area contributed by atoms with Crippen LogP contribution in [0.1, 0.15) is 39.0 Å².